The van der Waals surface area contributed by atoms with Crippen LogP contribution in [0.25, 0.3) is 16.9 Å². The zero-order valence-electron chi connectivity index (χ0n) is 9.59. The Morgan fingerprint density at radius 3 is 2.79 bits per heavy atom. The number of hydrogen-bond acceptors (Lipinski definition) is 6. The van der Waals surface area contributed by atoms with E-state index in [1.807, 2.05) is 0 Å². The fraction of sp³-hybridized carbons (Fsp3) is 0. The van der Waals surface area contributed by atoms with Crippen molar-refractivity contribution in [1.82, 2.24) is 19.5 Å². The van der Waals surface area contributed by atoms with E-state index in [9.17, 15) is 10.1 Å². The molecule has 0 aliphatic heterocycles. The smallest absolute Gasteiger partial charge is 0.293 e. The summed E-state index contributed by atoms with van der Waals surface area (Å²) in [6.07, 6.45) is 2.74. The maximum Gasteiger partial charge on any atom is 0.293 e. The van der Waals surface area contributed by atoms with Crippen molar-refractivity contribution in [3.8, 4) is 5.69 Å². The van der Waals surface area contributed by atoms with E-state index in [0.29, 0.717) is 16.9 Å². The third kappa shape index (κ3) is 1.66. The monoisotopic (exact) mass is 256 g/mol. The molecule has 0 fully saturated rings. The molecule has 2 aromatic heterocycles. The molecule has 2 N–H and O–H groups in total. The van der Waals surface area contributed by atoms with Crippen LogP contribution in [0.2, 0.25) is 0 Å². The zero-order chi connectivity index (χ0) is 13.4. The second-order valence-corrected chi connectivity index (χ2v) is 3.79. The molecule has 94 valence electrons. The molecule has 0 saturated heterocycles. The lowest BCUT2D eigenvalue weighted by Crippen LogP contribution is -2.00. The molecule has 0 saturated carbocycles. The van der Waals surface area contributed by atoms with Crippen LogP contribution in [-0.2, 0) is 0 Å². The van der Waals surface area contributed by atoms with Crippen molar-refractivity contribution < 1.29 is 4.92 Å². The van der Waals surface area contributed by atoms with Gasteiger partial charge in [-0.3, -0.25) is 14.7 Å². The second kappa shape index (κ2) is 4.02. The molecule has 0 unspecified atom stereocenters. The van der Waals surface area contributed by atoms with Crippen LogP contribution in [0.15, 0.2) is 36.9 Å². The van der Waals surface area contributed by atoms with Crippen molar-refractivity contribution >= 4 is 22.7 Å². The molecule has 0 atom stereocenters. The van der Waals surface area contributed by atoms with Gasteiger partial charge in [0.25, 0.3) is 5.69 Å². The first-order chi connectivity index (χ1) is 9.18. The van der Waals surface area contributed by atoms with Crippen molar-refractivity contribution in [2.75, 3.05) is 5.73 Å². The van der Waals surface area contributed by atoms with Crippen LogP contribution < -0.4 is 5.73 Å². The number of nitrogens with two attached hydrogens (primary N) is 1. The third-order valence-electron chi connectivity index (χ3n) is 2.70. The average molecular weight is 256 g/mol. The number of benzene rings is 1. The van der Waals surface area contributed by atoms with Crippen LogP contribution in [0.4, 0.5) is 11.5 Å². The number of nitrogens with zero attached hydrogens (tertiary/aromatic N) is 5. The number of nitrogen functional groups attached to an aromatic ring is 1. The first kappa shape index (κ1) is 11.1. The van der Waals surface area contributed by atoms with Crippen LogP contribution in [0.5, 0.6) is 0 Å². The predicted octanol–water partition coefficient (Wildman–Crippen LogP) is 1.31. The number of imidazole rings is 1. The molecule has 0 radical (unpaired) electrons. The van der Waals surface area contributed by atoms with E-state index in [0.717, 1.165) is 0 Å². The van der Waals surface area contributed by atoms with E-state index in [-0.39, 0.29) is 11.5 Å². The highest BCUT2D eigenvalue weighted by Gasteiger charge is 2.17. The van der Waals surface area contributed by atoms with E-state index >= 15 is 0 Å². The third-order valence-corrected chi connectivity index (χ3v) is 2.70. The largest absolute Gasteiger partial charge is 0.382 e. The number of aromatic nitrogens is 4. The number of anilines is 1. The van der Waals surface area contributed by atoms with Crippen LogP contribution in [-0.4, -0.2) is 24.4 Å². The molecule has 3 aromatic rings. The lowest BCUT2D eigenvalue weighted by atomic mass is 10.2. The molecule has 1 aromatic carbocycles. The molecular weight excluding hydrogens is 248 g/mol. The first-order valence-corrected chi connectivity index (χ1v) is 5.36. The summed E-state index contributed by atoms with van der Waals surface area (Å²) in [6, 6.07) is 6.35. The van der Waals surface area contributed by atoms with Gasteiger partial charge in [-0.1, -0.05) is 12.1 Å². The molecule has 0 bridgehead atoms. The highest BCUT2D eigenvalue weighted by Crippen LogP contribution is 2.25. The van der Waals surface area contributed by atoms with Gasteiger partial charge in [-0.2, -0.15) is 0 Å². The molecule has 0 aliphatic carbocycles. The van der Waals surface area contributed by atoms with Crippen molar-refractivity contribution in [2.24, 2.45) is 0 Å². The van der Waals surface area contributed by atoms with E-state index < -0.39 is 4.92 Å². The molecule has 8 heteroatoms. The topological polar surface area (TPSA) is 113 Å². The van der Waals surface area contributed by atoms with Gasteiger partial charge in [0.1, 0.15) is 18.3 Å². The Kier molecular flexibility index (Phi) is 2.34. The summed E-state index contributed by atoms with van der Waals surface area (Å²) >= 11 is 0. The Bertz CT molecular complexity index is 782. The summed E-state index contributed by atoms with van der Waals surface area (Å²) in [7, 11) is 0. The predicted molar refractivity (Wildman–Crippen MR) is 67.7 cm³/mol. The van der Waals surface area contributed by atoms with Crippen LogP contribution in [0.1, 0.15) is 0 Å². The van der Waals surface area contributed by atoms with Gasteiger partial charge in [0, 0.05) is 6.07 Å². The average Bonchev–Trinajstić information content (AvgIpc) is 2.84. The molecule has 3 rings (SSSR count). The minimum absolute atomic E-state index is 0.0287. The number of rotatable bonds is 2. The van der Waals surface area contributed by atoms with E-state index in [1.165, 1.54) is 23.3 Å². The van der Waals surface area contributed by atoms with Gasteiger partial charge < -0.3 is 5.73 Å². The minimum atomic E-state index is -0.453. The molecular formula is C11H8N6O2. The van der Waals surface area contributed by atoms with Crippen molar-refractivity contribution in [3.63, 3.8) is 0 Å². The summed E-state index contributed by atoms with van der Waals surface area (Å²) in [4.78, 5) is 22.6. The Balaban J connectivity index is 2.32. The van der Waals surface area contributed by atoms with Crippen LogP contribution >= 0.6 is 0 Å². The van der Waals surface area contributed by atoms with Gasteiger partial charge >= 0.3 is 0 Å². The van der Waals surface area contributed by atoms with Gasteiger partial charge in [-0.15, -0.1) is 0 Å². The molecule has 0 amide bonds. The van der Waals surface area contributed by atoms with Gasteiger partial charge in [-0.25, -0.2) is 15.0 Å². The Hall–Kier alpha value is -3.03. The number of nitro groups is 1. The summed E-state index contributed by atoms with van der Waals surface area (Å²) in [6.45, 7) is 0. The number of hydrogen-bond donors (Lipinski definition) is 1. The Morgan fingerprint density at radius 1 is 1.21 bits per heavy atom. The van der Waals surface area contributed by atoms with E-state index in [2.05, 4.69) is 15.0 Å². The number of nitro benzene ring substituents is 1. The van der Waals surface area contributed by atoms with Crippen molar-refractivity contribution in [2.45, 2.75) is 0 Å². The standard InChI is InChI=1S/C11H8N6O2/c12-10-9-11(14-5-13-10)16(6-15-9)7-3-1-2-4-8(7)17(18)19/h1-6H,(H2,12,13,14). The minimum Gasteiger partial charge on any atom is -0.382 e. The molecule has 8 nitrogen and oxygen atoms in total. The normalized spacial score (nSPS) is 10.7. The fourth-order valence-corrected chi connectivity index (χ4v) is 1.85. The highest BCUT2D eigenvalue weighted by atomic mass is 16.6. The molecule has 0 aliphatic rings. The Labute approximate surface area is 106 Å². The maximum absolute atomic E-state index is 11.0. The zero-order valence-corrected chi connectivity index (χ0v) is 9.59. The Morgan fingerprint density at radius 2 is 2.00 bits per heavy atom. The molecule has 2 heterocycles. The molecule has 19 heavy (non-hydrogen) atoms. The summed E-state index contributed by atoms with van der Waals surface area (Å²) in [5, 5.41) is 11.0. The van der Waals surface area contributed by atoms with Gasteiger partial charge in [0.15, 0.2) is 17.0 Å². The van der Waals surface area contributed by atoms with E-state index in [1.54, 1.807) is 18.2 Å². The van der Waals surface area contributed by atoms with Gasteiger partial charge in [0.05, 0.1) is 4.92 Å². The van der Waals surface area contributed by atoms with Crippen LogP contribution in [0, 0.1) is 10.1 Å². The number of para-hydroxylation sites is 2. The highest BCUT2D eigenvalue weighted by molar-refractivity contribution is 5.83. The lowest BCUT2D eigenvalue weighted by molar-refractivity contribution is -0.384. The quantitative estimate of drug-likeness (QED) is 0.546. The first-order valence-electron chi connectivity index (χ1n) is 5.36. The van der Waals surface area contributed by atoms with Gasteiger partial charge in [0.2, 0.25) is 0 Å². The molecule has 0 spiro atoms. The summed E-state index contributed by atoms with van der Waals surface area (Å²) < 4.78 is 1.52. The maximum atomic E-state index is 11.0. The van der Waals surface area contributed by atoms with Gasteiger partial charge in [-0.05, 0) is 6.07 Å². The second-order valence-electron chi connectivity index (χ2n) is 3.79. The van der Waals surface area contributed by atoms with E-state index in [4.69, 9.17) is 5.73 Å². The van der Waals surface area contributed by atoms with Crippen molar-refractivity contribution in [3.05, 3.63) is 47.0 Å². The lowest BCUT2D eigenvalue weighted by Gasteiger charge is -2.04. The summed E-state index contributed by atoms with van der Waals surface area (Å²) in [5.74, 6) is 0.238. The van der Waals surface area contributed by atoms with Crippen LogP contribution in [0.3, 0.4) is 0 Å². The van der Waals surface area contributed by atoms with Crippen molar-refractivity contribution in [1.29, 1.82) is 0 Å². The fourth-order valence-electron chi connectivity index (χ4n) is 1.85. The summed E-state index contributed by atoms with van der Waals surface area (Å²) in [5.41, 5.74) is 6.89. The number of fused-ring (bicyclic) bond motifs is 1. The SMILES string of the molecule is Nc1ncnc2c1ncn2-c1ccccc1[N+](=O)[O-].